The van der Waals surface area contributed by atoms with Crippen LogP contribution in [0.4, 0.5) is 0 Å². The molecule has 4 saturated carbocycles. The molecule has 5 aliphatic carbocycles. The number of aliphatic hydroxyl groups excluding tert-OH is 2. The van der Waals surface area contributed by atoms with Crippen LogP contribution < -0.4 is 0 Å². The van der Waals surface area contributed by atoms with Crippen LogP contribution in [-0.4, -0.2) is 22.4 Å². The number of aliphatic hydroxyl groups is 2. The Morgan fingerprint density at radius 2 is 1.47 bits per heavy atom. The largest absolute Gasteiger partial charge is 0.390 e. The summed E-state index contributed by atoms with van der Waals surface area (Å²) in [6, 6.07) is 0. The first-order chi connectivity index (χ1) is 14.6. The van der Waals surface area contributed by atoms with Crippen molar-refractivity contribution in [1.82, 2.24) is 0 Å². The van der Waals surface area contributed by atoms with Crippen LogP contribution >= 0.6 is 0 Å². The second-order valence-electron chi connectivity index (χ2n) is 15.4. The Morgan fingerprint density at radius 3 is 2.16 bits per heavy atom. The molecule has 5 aliphatic rings. The van der Waals surface area contributed by atoms with Gasteiger partial charge in [0, 0.05) is 0 Å². The molecular weight excluding hydrogens is 392 g/mol. The highest BCUT2D eigenvalue weighted by atomic mass is 16.3. The maximum absolute atomic E-state index is 10.9. The summed E-state index contributed by atoms with van der Waals surface area (Å²) in [5.41, 5.74) is 3.22. The first-order valence-electron chi connectivity index (χ1n) is 13.7. The minimum atomic E-state index is -0.599. The minimum absolute atomic E-state index is 0.102. The van der Waals surface area contributed by atoms with Crippen molar-refractivity contribution in [3.05, 3.63) is 11.6 Å². The first-order valence-corrected chi connectivity index (χ1v) is 13.7. The molecule has 0 heterocycles. The van der Waals surface area contributed by atoms with Crippen molar-refractivity contribution in [2.45, 2.75) is 125 Å². The van der Waals surface area contributed by atoms with Crippen molar-refractivity contribution in [3.8, 4) is 0 Å². The monoisotopic (exact) mass is 442 g/mol. The molecule has 0 saturated heterocycles. The van der Waals surface area contributed by atoms with E-state index in [1.165, 1.54) is 51.4 Å². The van der Waals surface area contributed by atoms with Gasteiger partial charge in [-0.05, 0) is 108 Å². The third kappa shape index (κ3) is 2.78. The zero-order valence-electron chi connectivity index (χ0n) is 22.2. The lowest BCUT2D eigenvalue weighted by Crippen LogP contribution is -2.65. The smallest absolute Gasteiger partial charge is 0.0852 e. The molecule has 0 bridgehead atoms. The summed E-state index contributed by atoms with van der Waals surface area (Å²) in [7, 11) is 0. The standard InChI is InChI=1S/C30H50O2/c1-25(2)15-16-27(5)13-11-19-20(30(27,8)18-25)9-10-23-28(19,6)14-12-22-26(3,4)24(32)21(31)17-29(22,23)7/h9,19,21-24,31-32H,10-18H2,1-8H3/t19?,21?,22?,23?,24-,27-,28-,29-,30-/m0/s1. The molecular formula is C30H50O2. The number of allylic oxidation sites excluding steroid dienone is 2. The lowest BCUT2D eigenvalue weighted by molar-refractivity contribution is -0.221. The van der Waals surface area contributed by atoms with Gasteiger partial charge < -0.3 is 10.2 Å². The molecule has 32 heavy (non-hydrogen) atoms. The fourth-order valence-electron chi connectivity index (χ4n) is 11.0. The van der Waals surface area contributed by atoms with Crippen LogP contribution in [0.1, 0.15) is 113 Å². The molecule has 0 amide bonds. The summed E-state index contributed by atoms with van der Waals surface area (Å²) >= 11 is 0. The van der Waals surface area contributed by atoms with Crippen LogP contribution in [0.5, 0.6) is 0 Å². The van der Waals surface area contributed by atoms with Crippen molar-refractivity contribution in [3.63, 3.8) is 0 Å². The van der Waals surface area contributed by atoms with Gasteiger partial charge in [-0.25, -0.2) is 0 Å². The van der Waals surface area contributed by atoms with Gasteiger partial charge in [0.05, 0.1) is 12.2 Å². The summed E-state index contributed by atoms with van der Waals surface area (Å²) in [5, 5.41) is 21.8. The van der Waals surface area contributed by atoms with E-state index in [0.29, 0.717) is 39.4 Å². The van der Waals surface area contributed by atoms with E-state index in [-0.39, 0.29) is 10.8 Å². The third-order valence-electron chi connectivity index (χ3n) is 12.9. The van der Waals surface area contributed by atoms with Gasteiger partial charge in [-0.2, -0.15) is 0 Å². The Morgan fingerprint density at radius 1 is 0.781 bits per heavy atom. The molecule has 0 aromatic heterocycles. The molecule has 2 N–H and O–H groups in total. The topological polar surface area (TPSA) is 40.5 Å². The predicted octanol–water partition coefficient (Wildman–Crippen LogP) is 7.14. The van der Waals surface area contributed by atoms with Crippen LogP contribution in [0.3, 0.4) is 0 Å². The van der Waals surface area contributed by atoms with Gasteiger partial charge in [0.2, 0.25) is 0 Å². The predicted molar refractivity (Wildman–Crippen MR) is 132 cm³/mol. The van der Waals surface area contributed by atoms with Crippen LogP contribution in [0.2, 0.25) is 0 Å². The molecule has 0 spiro atoms. The van der Waals surface area contributed by atoms with Crippen molar-refractivity contribution >= 4 is 0 Å². The van der Waals surface area contributed by atoms with Crippen LogP contribution in [0.15, 0.2) is 11.6 Å². The first kappa shape index (κ1) is 23.4. The Balaban J connectivity index is 1.57. The third-order valence-corrected chi connectivity index (χ3v) is 12.9. The van der Waals surface area contributed by atoms with E-state index in [1.807, 2.05) is 5.57 Å². The highest BCUT2D eigenvalue weighted by Crippen LogP contribution is 2.74. The van der Waals surface area contributed by atoms with Gasteiger partial charge >= 0.3 is 0 Å². The molecule has 4 fully saturated rings. The molecule has 5 rings (SSSR count). The summed E-state index contributed by atoms with van der Waals surface area (Å²) in [4.78, 5) is 0. The molecule has 0 aliphatic heterocycles. The molecule has 0 radical (unpaired) electrons. The van der Waals surface area contributed by atoms with Crippen LogP contribution in [0.25, 0.3) is 0 Å². The average Bonchev–Trinajstić information content (AvgIpc) is 2.67. The van der Waals surface area contributed by atoms with E-state index in [9.17, 15) is 10.2 Å². The van der Waals surface area contributed by atoms with E-state index in [2.05, 4.69) is 61.5 Å². The lowest BCUT2D eigenvalue weighted by atomic mass is 9.35. The number of rotatable bonds is 0. The van der Waals surface area contributed by atoms with Gasteiger partial charge in [-0.3, -0.25) is 0 Å². The van der Waals surface area contributed by atoms with Gasteiger partial charge in [0.25, 0.3) is 0 Å². The molecule has 0 aromatic carbocycles. The average molecular weight is 443 g/mol. The Bertz CT molecular complexity index is 825. The maximum Gasteiger partial charge on any atom is 0.0852 e. The van der Waals surface area contributed by atoms with Crippen LogP contribution in [0, 0.1) is 50.2 Å². The van der Waals surface area contributed by atoms with Crippen molar-refractivity contribution in [2.75, 3.05) is 0 Å². The molecule has 0 aromatic rings. The van der Waals surface area contributed by atoms with Gasteiger partial charge in [0.15, 0.2) is 0 Å². The van der Waals surface area contributed by atoms with E-state index in [1.54, 1.807) is 0 Å². The zero-order chi connectivity index (χ0) is 23.5. The lowest BCUT2D eigenvalue weighted by Gasteiger charge is -2.70. The van der Waals surface area contributed by atoms with Gasteiger partial charge in [0.1, 0.15) is 0 Å². The SMILES string of the molecule is CC1(C)CC[C@]2(C)CCC3C(=CCC4[C@@]3(C)CCC3C(C)(C)[C@@H](O)C(O)C[C@@]34C)[C@]2(C)C1. The Hall–Kier alpha value is -0.340. The summed E-state index contributed by atoms with van der Waals surface area (Å²) in [6.07, 6.45) is 12.7. The van der Waals surface area contributed by atoms with Crippen molar-refractivity contribution in [1.29, 1.82) is 0 Å². The highest BCUT2D eigenvalue weighted by molar-refractivity contribution is 5.33. The summed E-state index contributed by atoms with van der Waals surface area (Å²) in [6.45, 7) is 19.8. The fraction of sp³-hybridized carbons (Fsp3) is 0.933. The quantitative estimate of drug-likeness (QED) is 0.391. The fourth-order valence-corrected chi connectivity index (χ4v) is 11.0. The van der Waals surface area contributed by atoms with E-state index in [0.717, 1.165) is 6.42 Å². The van der Waals surface area contributed by atoms with Crippen LogP contribution in [-0.2, 0) is 0 Å². The van der Waals surface area contributed by atoms with E-state index < -0.39 is 12.2 Å². The normalized spacial score (nSPS) is 56.2. The molecule has 9 atom stereocenters. The summed E-state index contributed by atoms with van der Waals surface area (Å²) < 4.78 is 0. The van der Waals surface area contributed by atoms with E-state index >= 15 is 0 Å². The highest BCUT2D eigenvalue weighted by Gasteiger charge is 2.67. The second-order valence-corrected chi connectivity index (χ2v) is 15.4. The molecule has 2 nitrogen and oxygen atoms in total. The Labute approximate surface area is 197 Å². The van der Waals surface area contributed by atoms with Gasteiger partial charge in [-0.1, -0.05) is 67.0 Å². The number of hydrogen-bond acceptors (Lipinski definition) is 2. The summed E-state index contributed by atoms with van der Waals surface area (Å²) in [5.74, 6) is 1.78. The van der Waals surface area contributed by atoms with Crippen molar-refractivity contribution in [2.24, 2.45) is 50.2 Å². The second kappa shape index (κ2) is 6.66. The molecule has 182 valence electrons. The minimum Gasteiger partial charge on any atom is -0.390 e. The Kier molecular flexibility index (Phi) is 4.87. The molecule has 4 unspecified atom stereocenters. The maximum atomic E-state index is 10.9. The number of hydrogen-bond donors (Lipinski definition) is 2. The molecule has 2 heteroatoms. The number of fused-ring (bicyclic) bond motifs is 7. The van der Waals surface area contributed by atoms with Gasteiger partial charge in [-0.15, -0.1) is 0 Å². The van der Waals surface area contributed by atoms with E-state index in [4.69, 9.17) is 0 Å². The zero-order valence-corrected chi connectivity index (χ0v) is 22.2. The van der Waals surface area contributed by atoms with Crippen molar-refractivity contribution < 1.29 is 10.2 Å².